The van der Waals surface area contributed by atoms with Crippen LogP contribution < -0.4 is 0 Å². The highest BCUT2D eigenvalue weighted by atomic mass is 127. The molecule has 3 rings (SSSR count). The summed E-state index contributed by atoms with van der Waals surface area (Å²) in [5.41, 5.74) is 5.13. The molecule has 2 aliphatic rings. The first-order chi connectivity index (χ1) is 12.2. The summed E-state index contributed by atoms with van der Waals surface area (Å²) < 4.78 is 16.1. The molecule has 0 atom stereocenters. The van der Waals surface area contributed by atoms with Crippen LogP contribution in [0.15, 0.2) is 47.3 Å². The molecule has 0 spiro atoms. The number of methoxy groups -OCH3 is 1. The van der Waals surface area contributed by atoms with E-state index in [0.717, 1.165) is 30.4 Å². The van der Waals surface area contributed by atoms with Crippen molar-refractivity contribution in [2.75, 3.05) is 13.7 Å². The van der Waals surface area contributed by atoms with Crippen LogP contribution >= 0.6 is 23.0 Å². The second kappa shape index (κ2) is 8.67. The summed E-state index contributed by atoms with van der Waals surface area (Å²) in [7, 11) is 1.58. The van der Waals surface area contributed by atoms with Crippen LogP contribution in [0.25, 0.3) is 6.08 Å². The molecule has 0 amide bonds. The van der Waals surface area contributed by atoms with Gasteiger partial charge in [-0.2, -0.15) is 0 Å². The summed E-state index contributed by atoms with van der Waals surface area (Å²) in [6.45, 7) is 0.869. The van der Waals surface area contributed by atoms with Gasteiger partial charge in [0.25, 0.3) is 0 Å². The normalized spacial score (nSPS) is 16.3. The Morgan fingerprint density at radius 2 is 2.08 bits per heavy atom. The molecule has 0 N–H and O–H groups in total. The van der Waals surface area contributed by atoms with Gasteiger partial charge in [-0.3, -0.25) is 0 Å². The first kappa shape index (κ1) is 18.2. The molecule has 0 aromatic heterocycles. The molecule has 0 heterocycles. The third kappa shape index (κ3) is 4.33. The SMILES string of the molecule is COC1=C(C(=O)OI)C(COCc2ccc3c(c2)C=CCC3)=CCC1. The Morgan fingerprint density at radius 1 is 1.20 bits per heavy atom. The number of carbonyl (C=O) groups excluding carboxylic acids is 1. The van der Waals surface area contributed by atoms with Gasteiger partial charge in [0.15, 0.2) is 23.0 Å². The summed E-state index contributed by atoms with van der Waals surface area (Å²) in [6.07, 6.45) is 10.2. The zero-order chi connectivity index (χ0) is 17.6. The molecule has 25 heavy (non-hydrogen) atoms. The number of fused-ring (bicyclic) bond motifs is 1. The summed E-state index contributed by atoms with van der Waals surface area (Å²) in [6, 6.07) is 6.47. The second-order valence-electron chi connectivity index (χ2n) is 6.10. The molecule has 4 nitrogen and oxygen atoms in total. The first-order valence-corrected chi connectivity index (χ1v) is 9.26. The number of rotatable bonds is 6. The molecule has 0 radical (unpaired) electrons. The molecular formula is C20H21IO4. The number of allylic oxidation sites excluding steroid dienone is 3. The van der Waals surface area contributed by atoms with Gasteiger partial charge in [-0.15, -0.1) is 0 Å². The number of benzene rings is 1. The van der Waals surface area contributed by atoms with E-state index in [2.05, 4.69) is 30.4 Å². The molecule has 0 unspecified atom stereocenters. The molecule has 0 saturated heterocycles. The zero-order valence-electron chi connectivity index (χ0n) is 14.2. The lowest BCUT2D eigenvalue weighted by Crippen LogP contribution is -2.16. The number of carbonyl (C=O) groups is 1. The predicted octanol–water partition coefficient (Wildman–Crippen LogP) is 4.68. The lowest BCUT2D eigenvalue weighted by Gasteiger charge is -2.19. The van der Waals surface area contributed by atoms with Crippen molar-refractivity contribution in [3.8, 4) is 0 Å². The Balaban J connectivity index is 1.65. The minimum Gasteiger partial charge on any atom is -0.500 e. The van der Waals surface area contributed by atoms with Crippen molar-refractivity contribution >= 4 is 35.1 Å². The van der Waals surface area contributed by atoms with Crippen molar-refractivity contribution in [2.45, 2.75) is 32.3 Å². The third-order valence-corrected chi connectivity index (χ3v) is 4.90. The van der Waals surface area contributed by atoms with Crippen LogP contribution in [0.4, 0.5) is 0 Å². The van der Waals surface area contributed by atoms with Gasteiger partial charge < -0.3 is 12.5 Å². The molecule has 0 aliphatic heterocycles. The number of aryl methyl sites for hydroxylation is 1. The summed E-state index contributed by atoms with van der Waals surface area (Å²) in [5, 5.41) is 0. The Hall–Kier alpha value is -1.60. The Bertz CT molecular complexity index is 746. The van der Waals surface area contributed by atoms with Crippen LogP contribution in [0, 0.1) is 0 Å². The highest BCUT2D eigenvalue weighted by Crippen LogP contribution is 2.28. The average molecular weight is 452 g/mol. The van der Waals surface area contributed by atoms with Crippen LogP contribution in [0.2, 0.25) is 0 Å². The lowest BCUT2D eigenvalue weighted by atomic mass is 9.95. The fourth-order valence-corrected chi connectivity index (χ4v) is 3.47. The highest BCUT2D eigenvalue weighted by Gasteiger charge is 2.24. The van der Waals surface area contributed by atoms with Gasteiger partial charge in [-0.05, 0) is 47.6 Å². The quantitative estimate of drug-likeness (QED) is 0.589. The van der Waals surface area contributed by atoms with Gasteiger partial charge >= 0.3 is 5.97 Å². The van der Waals surface area contributed by atoms with E-state index in [1.165, 1.54) is 11.1 Å². The molecule has 132 valence electrons. The maximum absolute atomic E-state index is 12.1. The highest BCUT2D eigenvalue weighted by molar-refractivity contribution is 14.1. The number of halogens is 1. The van der Waals surface area contributed by atoms with Crippen LogP contribution in [-0.4, -0.2) is 19.7 Å². The van der Waals surface area contributed by atoms with E-state index >= 15 is 0 Å². The fraction of sp³-hybridized carbons (Fsp3) is 0.350. The van der Waals surface area contributed by atoms with Gasteiger partial charge in [-0.1, -0.05) is 30.4 Å². The van der Waals surface area contributed by atoms with E-state index in [-0.39, 0.29) is 5.97 Å². The summed E-state index contributed by atoms with van der Waals surface area (Å²) in [4.78, 5) is 12.1. The predicted molar refractivity (Wildman–Crippen MR) is 105 cm³/mol. The number of hydrogen-bond acceptors (Lipinski definition) is 4. The van der Waals surface area contributed by atoms with Crippen molar-refractivity contribution in [2.24, 2.45) is 0 Å². The van der Waals surface area contributed by atoms with Crippen LogP contribution in [0.5, 0.6) is 0 Å². The average Bonchev–Trinajstić information content (AvgIpc) is 2.67. The summed E-state index contributed by atoms with van der Waals surface area (Å²) >= 11 is 1.61. The van der Waals surface area contributed by atoms with E-state index in [0.29, 0.717) is 31.0 Å². The van der Waals surface area contributed by atoms with Crippen molar-refractivity contribution in [1.29, 1.82) is 0 Å². The fourth-order valence-electron chi connectivity index (χ4n) is 3.25. The first-order valence-electron chi connectivity index (χ1n) is 8.38. The second-order valence-corrected chi connectivity index (χ2v) is 6.54. The molecule has 0 saturated carbocycles. The number of hydrogen-bond donors (Lipinski definition) is 0. The van der Waals surface area contributed by atoms with Gasteiger partial charge in [0.1, 0.15) is 11.3 Å². The molecule has 1 aromatic carbocycles. The van der Waals surface area contributed by atoms with Gasteiger partial charge in [0.05, 0.1) is 20.3 Å². The summed E-state index contributed by atoms with van der Waals surface area (Å²) in [5.74, 6) is 0.285. The van der Waals surface area contributed by atoms with E-state index < -0.39 is 0 Å². The van der Waals surface area contributed by atoms with Crippen molar-refractivity contribution in [3.05, 3.63) is 63.9 Å². The van der Waals surface area contributed by atoms with E-state index in [4.69, 9.17) is 12.5 Å². The molecule has 5 heteroatoms. The van der Waals surface area contributed by atoms with Crippen LogP contribution in [0.3, 0.4) is 0 Å². The molecule has 1 aromatic rings. The molecule has 0 bridgehead atoms. The van der Waals surface area contributed by atoms with Crippen molar-refractivity contribution < 1.29 is 17.3 Å². The molecule has 2 aliphatic carbocycles. The Kier molecular flexibility index (Phi) is 6.31. The minimum atomic E-state index is -0.383. The van der Waals surface area contributed by atoms with Crippen LogP contribution in [-0.2, 0) is 30.4 Å². The zero-order valence-corrected chi connectivity index (χ0v) is 16.4. The van der Waals surface area contributed by atoms with Gasteiger partial charge in [0, 0.05) is 6.42 Å². The Labute approximate surface area is 162 Å². The van der Waals surface area contributed by atoms with Gasteiger partial charge in [-0.25, -0.2) is 4.79 Å². The standard InChI is InChI=1S/C20H21IO4/c1-23-18-8-4-7-17(19(18)20(22)25-21)13-24-12-14-9-10-15-5-2-3-6-16(15)11-14/h3,6-7,9-11H,2,4-5,8,12-13H2,1H3. The van der Waals surface area contributed by atoms with E-state index in [9.17, 15) is 4.79 Å². The van der Waals surface area contributed by atoms with Gasteiger partial charge in [0.2, 0.25) is 0 Å². The lowest BCUT2D eigenvalue weighted by molar-refractivity contribution is -0.127. The number of ether oxygens (including phenoxy) is 2. The smallest absolute Gasteiger partial charge is 0.351 e. The van der Waals surface area contributed by atoms with Crippen LogP contribution in [0.1, 0.15) is 36.0 Å². The topological polar surface area (TPSA) is 44.8 Å². The largest absolute Gasteiger partial charge is 0.500 e. The van der Waals surface area contributed by atoms with Crippen molar-refractivity contribution in [1.82, 2.24) is 0 Å². The maximum Gasteiger partial charge on any atom is 0.351 e. The van der Waals surface area contributed by atoms with E-state index in [1.807, 2.05) is 6.08 Å². The minimum absolute atomic E-state index is 0.362. The third-order valence-electron chi connectivity index (χ3n) is 4.50. The Morgan fingerprint density at radius 3 is 2.88 bits per heavy atom. The van der Waals surface area contributed by atoms with Crippen molar-refractivity contribution in [3.63, 3.8) is 0 Å². The maximum atomic E-state index is 12.1. The molecular weight excluding hydrogens is 431 g/mol. The molecule has 0 fully saturated rings. The van der Waals surface area contributed by atoms with E-state index in [1.54, 1.807) is 30.1 Å². The monoisotopic (exact) mass is 452 g/mol.